The van der Waals surface area contributed by atoms with Crippen LogP contribution in [0, 0.1) is 20.8 Å². The Morgan fingerprint density at radius 3 is 2.60 bits per heavy atom. The molecule has 2 unspecified atom stereocenters. The van der Waals surface area contributed by atoms with Gasteiger partial charge in [0.1, 0.15) is 0 Å². The van der Waals surface area contributed by atoms with Crippen LogP contribution < -0.4 is 5.32 Å². The largest absolute Gasteiger partial charge is 0.389 e. The molecule has 1 heterocycles. The number of aromatic nitrogens is 1. The highest BCUT2D eigenvalue weighted by Crippen LogP contribution is 2.22. The lowest BCUT2D eigenvalue weighted by molar-refractivity contribution is 0.0231. The molecule has 0 spiro atoms. The molecular weight excluding hydrogens is 252 g/mol. The molecule has 2 atom stereocenters. The fourth-order valence-electron chi connectivity index (χ4n) is 2.57. The summed E-state index contributed by atoms with van der Waals surface area (Å²) in [5.74, 6) is 0. The van der Waals surface area contributed by atoms with Crippen molar-refractivity contribution in [3.05, 3.63) is 28.6 Å². The number of nitrogens with zero attached hydrogens (tertiary/aromatic N) is 1. The standard InChI is InChI=1S/C16H28N2O2/c1-11-9-12(2)18-14(4)15(11)13(3)17-10-16(5,19)7-8-20-6/h9,13,17,19H,7-8,10H2,1-6H3. The Morgan fingerprint density at radius 2 is 2.05 bits per heavy atom. The first kappa shape index (κ1) is 17.1. The lowest BCUT2D eigenvalue weighted by atomic mass is 9.98. The van der Waals surface area contributed by atoms with Gasteiger partial charge in [-0.15, -0.1) is 0 Å². The molecule has 0 aromatic carbocycles. The van der Waals surface area contributed by atoms with E-state index in [9.17, 15) is 5.11 Å². The van der Waals surface area contributed by atoms with Crippen molar-refractivity contribution in [1.82, 2.24) is 10.3 Å². The summed E-state index contributed by atoms with van der Waals surface area (Å²) in [7, 11) is 1.65. The molecule has 0 saturated heterocycles. The van der Waals surface area contributed by atoms with Crippen molar-refractivity contribution < 1.29 is 9.84 Å². The minimum absolute atomic E-state index is 0.164. The Hall–Kier alpha value is -0.970. The monoisotopic (exact) mass is 280 g/mol. The fourth-order valence-corrected chi connectivity index (χ4v) is 2.57. The van der Waals surface area contributed by atoms with E-state index in [1.54, 1.807) is 7.11 Å². The summed E-state index contributed by atoms with van der Waals surface area (Å²) >= 11 is 0. The summed E-state index contributed by atoms with van der Waals surface area (Å²) in [5, 5.41) is 13.7. The van der Waals surface area contributed by atoms with Crippen LogP contribution in [0.5, 0.6) is 0 Å². The predicted molar refractivity (Wildman–Crippen MR) is 82.0 cm³/mol. The van der Waals surface area contributed by atoms with Crippen molar-refractivity contribution in [1.29, 1.82) is 0 Å². The summed E-state index contributed by atoms with van der Waals surface area (Å²) in [6.45, 7) is 11.2. The van der Waals surface area contributed by atoms with Gasteiger partial charge in [0.2, 0.25) is 0 Å². The van der Waals surface area contributed by atoms with Gasteiger partial charge < -0.3 is 15.2 Å². The average Bonchev–Trinajstić information content (AvgIpc) is 2.33. The van der Waals surface area contributed by atoms with E-state index in [-0.39, 0.29) is 6.04 Å². The van der Waals surface area contributed by atoms with Crippen LogP contribution in [0.2, 0.25) is 0 Å². The molecule has 0 fully saturated rings. The van der Waals surface area contributed by atoms with Crippen molar-refractivity contribution in [2.75, 3.05) is 20.3 Å². The zero-order chi connectivity index (χ0) is 15.3. The second-order valence-corrected chi connectivity index (χ2v) is 5.92. The first-order chi connectivity index (χ1) is 9.26. The Bertz CT molecular complexity index is 421. The average molecular weight is 280 g/mol. The second kappa shape index (κ2) is 7.16. The van der Waals surface area contributed by atoms with E-state index in [1.807, 2.05) is 20.8 Å². The summed E-state index contributed by atoms with van der Waals surface area (Å²) in [6.07, 6.45) is 0.618. The number of nitrogens with one attached hydrogen (secondary N) is 1. The third-order valence-corrected chi connectivity index (χ3v) is 3.65. The van der Waals surface area contributed by atoms with E-state index < -0.39 is 5.60 Å². The van der Waals surface area contributed by atoms with E-state index in [2.05, 4.69) is 30.2 Å². The van der Waals surface area contributed by atoms with Gasteiger partial charge in [-0.3, -0.25) is 4.98 Å². The molecule has 0 aliphatic heterocycles. The quantitative estimate of drug-likeness (QED) is 0.805. The highest BCUT2D eigenvalue weighted by Gasteiger charge is 2.22. The molecule has 4 heteroatoms. The number of hydrogen-bond acceptors (Lipinski definition) is 4. The lowest BCUT2D eigenvalue weighted by Gasteiger charge is -2.27. The van der Waals surface area contributed by atoms with Crippen molar-refractivity contribution in [3.63, 3.8) is 0 Å². The van der Waals surface area contributed by atoms with Crippen molar-refractivity contribution in [2.24, 2.45) is 0 Å². The van der Waals surface area contributed by atoms with Crippen LogP contribution in [0.25, 0.3) is 0 Å². The SMILES string of the molecule is COCCC(C)(O)CNC(C)c1c(C)cc(C)nc1C. The van der Waals surface area contributed by atoms with Crippen LogP contribution in [0.1, 0.15) is 48.8 Å². The smallest absolute Gasteiger partial charge is 0.0765 e. The second-order valence-electron chi connectivity index (χ2n) is 5.92. The summed E-state index contributed by atoms with van der Waals surface area (Å²) in [4.78, 5) is 4.53. The van der Waals surface area contributed by atoms with Gasteiger partial charge in [0.15, 0.2) is 0 Å². The third-order valence-electron chi connectivity index (χ3n) is 3.65. The normalized spacial score (nSPS) is 15.9. The number of pyridine rings is 1. The van der Waals surface area contributed by atoms with E-state index in [0.29, 0.717) is 19.6 Å². The van der Waals surface area contributed by atoms with E-state index >= 15 is 0 Å². The summed E-state index contributed by atoms with van der Waals surface area (Å²) < 4.78 is 5.02. The minimum atomic E-state index is -0.760. The Kier molecular flexibility index (Phi) is 6.11. The van der Waals surface area contributed by atoms with E-state index in [0.717, 1.165) is 11.4 Å². The van der Waals surface area contributed by atoms with Gasteiger partial charge in [-0.1, -0.05) is 0 Å². The number of aliphatic hydroxyl groups is 1. The fraction of sp³-hybridized carbons (Fsp3) is 0.688. The molecule has 1 aromatic heterocycles. The maximum absolute atomic E-state index is 10.3. The van der Waals surface area contributed by atoms with Crippen molar-refractivity contribution >= 4 is 0 Å². The van der Waals surface area contributed by atoms with Gasteiger partial charge >= 0.3 is 0 Å². The Labute approximate surface area is 122 Å². The molecule has 0 bridgehead atoms. The van der Waals surface area contributed by atoms with E-state index in [4.69, 9.17) is 4.74 Å². The number of ether oxygens (including phenoxy) is 1. The van der Waals surface area contributed by atoms with Gasteiger partial charge in [0, 0.05) is 44.1 Å². The molecule has 0 saturated carbocycles. The van der Waals surface area contributed by atoms with Crippen LogP contribution in [0.3, 0.4) is 0 Å². The number of hydrogen-bond donors (Lipinski definition) is 2. The molecule has 1 aromatic rings. The molecule has 0 radical (unpaired) electrons. The third kappa shape index (κ3) is 4.85. The van der Waals surface area contributed by atoms with Crippen molar-refractivity contribution in [2.45, 2.75) is 52.7 Å². The first-order valence-electron chi connectivity index (χ1n) is 7.16. The maximum Gasteiger partial charge on any atom is 0.0765 e. The number of methoxy groups -OCH3 is 1. The van der Waals surface area contributed by atoms with Gasteiger partial charge in [-0.2, -0.15) is 0 Å². The van der Waals surface area contributed by atoms with E-state index in [1.165, 1.54) is 11.1 Å². The molecule has 2 N–H and O–H groups in total. The van der Waals surface area contributed by atoms with Crippen LogP contribution in [0.15, 0.2) is 6.07 Å². The maximum atomic E-state index is 10.3. The summed E-state index contributed by atoms with van der Waals surface area (Å²) in [5.41, 5.74) is 3.80. The van der Waals surface area contributed by atoms with Gasteiger partial charge in [0.25, 0.3) is 0 Å². The van der Waals surface area contributed by atoms with Gasteiger partial charge in [-0.05, 0) is 51.8 Å². The molecule has 0 aliphatic rings. The molecule has 20 heavy (non-hydrogen) atoms. The topological polar surface area (TPSA) is 54.4 Å². The molecule has 0 aliphatic carbocycles. The minimum Gasteiger partial charge on any atom is -0.389 e. The van der Waals surface area contributed by atoms with Crippen LogP contribution in [0.4, 0.5) is 0 Å². The Morgan fingerprint density at radius 1 is 1.40 bits per heavy atom. The van der Waals surface area contributed by atoms with Crippen molar-refractivity contribution in [3.8, 4) is 0 Å². The number of aryl methyl sites for hydroxylation is 3. The van der Waals surface area contributed by atoms with Crippen LogP contribution in [-0.2, 0) is 4.74 Å². The van der Waals surface area contributed by atoms with Gasteiger partial charge in [0.05, 0.1) is 5.60 Å². The molecule has 114 valence electrons. The molecule has 0 amide bonds. The predicted octanol–water partition coefficient (Wildman–Crippen LogP) is 2.44. The Balaban J connectivity index is 2.70. The zero-order valence-electron chi connectivity index (χ0n) is 13.6. The molecule has 1 rings (SSSR count). The summed E-state index contributed by atoms with van der Waals surface area (Å²) in [6, 6.07) is 2.26. The molecule has 4 nitrogen and oxygen atoms in total. The highest BCUT2D eigenvalue weighted by molar-refractivity contribution is 5.33. The van der Waals surface area contributed by atoms with Crippen LogP contribution in [-0.4, -0.2) is 36.0 Å². The first-order valence-corrected chi connectivity index (χ1v) is 7.16. The lowest BCUT2D eigenvalue weighted by Crippen LogP contribution is -2.40. The highest BCUT2D eigenvalue weighted by atomic mass is 16.5. The number of rotatable bonds is 7. The zero-order valence-corrected chi connectivity index (χ0v) is 13.6. The van der Waals surface area contributed by atoms with Gasteiger partial charge in [-0.25, -0.2) is 0 Å². The molecular formula is C16H28N2O2. The van der Waals surface area contributed by atoms with Crippen LogP contribution >= 0.6 is 0 Å².